The smallest absolute Gasteiger partial charge is 0.318 e. The molecule has 1 aliphatic heterocycles. The minimum atomic E-state index is -1.12. The Bertz CT molecular complexity index is 505. The predicted molar refractivity (Wildman–Crippen MR) is 70.1 cm³/mol. The van der Waals surface area contributed by atoms with Crippen LogP contribution in [0.25, 0.3) is 0 Å². The summed E-state index contributed by atoms with van der Waals surface area (Å²) >= 11 is 1.41. The predicted octanol–water partition coefficient (Wildman–Crippen LogP) is -0.372. The van der Waals surface area contributed by atoms with Crippen LogP contribution in [0.2, 0.25) is 0 Å². The van der Waals surface area contributed by atoms with Crippen LogP contribution in [0.5, 0.6) is 0 Å². The zero-order chi connectivity index (χ0) is 14.5. The minimum Gasteiger partial charge on any atom is -0.481 e. The Kier molecular flexibility index (Phi) is 4.51. The van der Waals surface area contributed by atoms with Crippen molar-refractivity contribution >= 4 is 29.2 Å². The van der Waals surface area contributed by atoms with E-state index in [-0.39, 0.29) is 13.1 Å². The zero-order valence-electron chi connectivity index (χ0n) is 10.5. The Morgan fingerprint density at radius 2 is 2.40 bits per heavy atom. The molecule has 0 bridgehead atoms. The summed E-state index contributed by atoms with van der Waals surface area (Å²) in [6, 6.07) is -1.43. The molecule has 20 heavy (non-hydrogen) atoms. The Hall–Kier alpha value is -2.16. The normalized spacial score (nSPS) is 18.5. The highest BCUT2D eigenvalue weighted by Crippen LogP contribution is 2.10. The van der Waals surface area contributed by atoms with Gasteiger partial charge in [0.05, 0.1) is 13.0 Å². The summed E-state index contributed by atoms with van der Waals surface area (Å²) in [5.74, 6) is -1.56. The van der Waals surface area contributed by atoms with Gasteiger partial charge in [-0.15, -0.1) is 11.3 Å². The molecule has 2 rings (SSSR count). The fourth-order valence-electron chi connectivity index (χ4n) is 1.92. The lowest BCUT2D eigenvalue weighted by molar-refractivity contribution is -0.142. The lowest BCUT2D eigenvalue weighted by Gasteiger charge is -2.34. The number of carbonyl (C=O) groups is 3. The van der Waals surface area contributed by atoms with E-state index in [1.54, 1.807) is 11.6 Å². The molecule has 1 atom stereocenters. The van der Waals surface area contributed by atoms with Crippen molar-refractivity contribution in [3.8, 4) is 0 Å². The molecule has 1 aromatic heterocycles. The van der Waals surface area contributed by atoms with Crippen molar-refractivity contribution in [3.05, 3.63) is 16.6 Å². The lowest BCUT2D eigenvalue weighted by Crippen LogP contribution is -2.59. The maximum absolute atomic E-state index is 12.0. The largest absolute Gasteiger partial charge is 0.481 e. The molecule has 1 unspecified atom stereocenters. The summed E-state index contributed by atoms with van der Waals surface area (Å²) in [5.41, 5.74) is 0. The first-order valence-electron chi connectivity index (χ1n) is 6.00. The highest BCUT2D eigenvalue weighted by atomic mass is 32.1. The number of nitrogens with zero attached hydrogens (tertiary/aromatic N) is 2. The highest BCUT2D eigenvalue weighted by Gasteiger charge is 2.34. The summed E-state index contributed by atoms with van der Waals surface area (Å²) in [4.78, 5) is 39.8. The molecule has 1 aliphatic rings. The van der Waals surface area contributed by atoms with E-state index in [2.05, 4.69) is 15.6 Å². The van der Waals surface area contributed by atoms with Crippen LogP contribution in [-0.4, -0.2) is 52.0 Å². The third-order valence-electron chi connectivity index (χ3n) is 2.83. The molecular formula is C11H14N4O4S. The number of aromatic nitrogens is 1. The number of carboxylic acids is 1. The van der Waals surface area contributed by atoms with Gasteiger partial charge in [-0.2, -0.15) is 0 Å². The second-order valence-electron chi connectivity index (χ2n) is 4.18. The Balaban J connectivity index is 1.97. The van der Waals surface area contributed by atoms with Crippen LogP contribution in [0.3, 0.4) is 0 Å². The summed E-state index contributed by atoms with van der Waals surface area (Å²) < 4.78 is 0. The van der Waals surface area contributed by atoms with E-state index in [4.69, 9.17) is 5.11 Å². The molecule has 0 spiro atoms. The van der Waals surface area contributed by atoms with Crippen LogP contribution in [-0.2, 0) is 16.1 Å². The van der Waals surface area contributed by atoms with Gasteiger partial charge in [0.25, 0.3) is 0 Å². The van der Waals surface area contributed by atoms with Crippen LogP contribution in [0.15, 0.2) is 11.6 Å². The summed E-state index contributed by atoms with van der Waals surface area (Å²) in [6.07, 6.45) is 1.23. The average Bonchev–Trinajstić information content (AvgIpc) is 2.91. The molecule has 0 radical (unpaired) electrons. The van der Waals surface area contributed by atoms with E-state index < -0.39 is 30.4 Å². The standard InChI is InChI=1S/C11H14N4O4S/c16-9(17)5-7-10(18)13-1-3-15(7)11(19)14-6-8-12-2-4-20-8/h2,4,7H,1,3,5-6H2,(H,13,18)(H,14,19)(H,16,17). The number of nitrogens with one attached hydrogen (secondary N) is 2. The fraction of sp³-hybridized carbons (Fsp3) is 0.455. The monoisotopic (exact) mass is 298 g/mol. The number of hydrogen-bond acceptors (Lipinski definition) is 5. The van der Waals surface area contributed by atoms with Crippen molar-refractivity contribution in [1.29, 1.82) is 0 Å². The van der Waals surface area contributed by atoms with Crippen molar-refractivity contribution in [2.24, 2.45) is 0 Å². The van der Waals surface area contributed by atoms with Crippen LogP contribution in [0.1, 0.15) is 11.4 Å². The molecule has 9 heteroatoms. The van der Waals surface area contributed by atoms with E-state index in [9.17, 15) is 14.4 Å². The molecule has 8 nitrogen and oxygen atoms in total. The molecule has 0 aromatic carbocycles. The number of carbonyl (C=O) groups excluding carboxylic acids is 2. The molecule has 3 amide bonds. The fourth-order valence-corrected chi connectivity index (χ4v) is 2.48. The first-order valence-corrected chi connectivity index (χ1v) is 6.88. The van der Waals surface area contributed by atoms with Crippen LogP contribution >= 0.6 is 11.3 Å². The Labute approximate surface area is 118 Å². The van der Waals surface area contributed by atoms with Gasteiger partial charge in [0.2, 0.25) is 5.91 Å². The van der Waals surface area contributed by atoms with Crippen LogP contribution in [0, 0.1) is 0 Å². The summed E-state index contributed by atoms with van der Waals surface area (Å²) in [6.45, 7) is 0.863. The number of rotatable bonds is 4. The minimum absolute atomic E-state index is 0.258. The first-order chi connectivity index (χ1) is 9.58. The second kappa shape index (κ2) is 6.33. The van der Waals surface area contributed by atoms with Gasteiger partial charge in [-0.25, -0.2) is 9.78 Å². The van der Waals surface area contributed by atoms with Crippen LogP contribution < -0.4 is 10.6 Å². The molecule has 0 saturated carbocycles. The number of piperazine rings is 1. The van der Waals surface area contributed by atoms with Gasteiger partial charge in [-0.1, -0.05) is 0 Å². The number of carboxylic acid groups (broad SMARTS) is 1. The second-order valence-corrected chi connectivity index (χ2v) is 5.16. The summed E-state index contributed by atoms with van der Waals surface area (Å²) in [7, 11) is 0. The van der Waals surface area contributed by atoms with E-state index >= 15 is 0 Å². The van der Waals surface area contributed by atoms with Crippen molar-refractivity contribution in [2.45, 2.75) is 19.0 Å². The SMILES string of the molecule is O=C(O)CC1C(=O)NCCN1C(=O)NCc1nccs1. The van der Waals surface area contributed by atoms with E-state index in [0.29, 0.717) is 6.54 Å². The van der Waals surface area contributed by atoms with Gasteiger partial charge in [-0.3, -0.25) is 9.59 Å². The maximum Gasteiger partial charge on any atom is 0.318 e. The molecule has 1 fully saturated rings. The van der Waals surface area contributed by atoms with Gasteiger partial charge >= 0.3 is 12.0 Å². The maximum atomic E-state index is 12.0. The Morgan fingerprint density at radius 3 is 3.05 bits per heavy atom. The topological polar surface area (TPSA) is 112 Å². The zero-order valence-corrected chi connectivity index (χ0v) is 11.4. The number of amides is 3. The average molecular weight is 298 g/mol. The van der Waals surface area contributed by atoms with E-state index in [0.717, 1.165) is 5.01 Å². The molecule has 0 aliphatic carbocycles. The highest BCUT2D eigenvalue weighted by molar-refractivity contribution is 7.09. The van der Waals surface area contributed by atoms with Gasteiger partial charge in [-0.05, 0) is 0 Å². The number of urea groups is 1. The van der Waals surface area contributed by atoms with Gasteiger partial charge in [0, 0.05) is 24.7 Å². The quantitative estimate of drug-likeness (QED) is 0.702. The van der Waals surface area contributed by atoms with Gasteiger partial charge < -0.3 is 20.6 Å². The van der Waals surface area contributed by atoms with Crippen molar-refractivity contribution in [3.63, 3.8) is 0 Å². The molecule has 1 saturated heterocycles. The molecular weight excluding hydrogens is 284 g/mol. The van der Waals surface area contributed by atoms with Gasteiger partial charge in [0.15, 0.2) is 0 Å². The third kappa shape index (κ3) is 3.44. The van der Waals surface area contributed by atoms with Crippen molar-refractivity contribution < 1.29 is 19.5 Å². The molecule has 1 aromatic rings. The van der Waals surface area contributed by atoms with Crippen molar-refractivity contribution in [2.75, 3.05) is 13.1 Å². The first kappa shape index (κ1) is 14.3. The van der Waals surface area contributed by atoms with Crippen LogP contribution in [0.4, 0.5) is 4.79 Å². The lowest BCUT2D eigenvalue weighted by atomic mass is 10.1. The molecule has 2 heterocycles. The number of aliphatic carboxylic acids is 1. The third-order valence-corrected chi connectivity index (χ3v) is 3.61. The van der Waals surface area contributed by atoms with E-state index in [1.807, 2.05) is 0 Å². The number of hydrogen-bond donors (Lipinski definition) is 3. The van der Waals surface area contributed by atoms with Gasteiger partial charge in [0.1, 0.15) is 11.0 Å². The molecule has 3 N–H and O–H groups in total. The number of thiazole rings is 1. The van der Waals surface area contributed by atoms with Crippen molar-refractivity contribution in [1.82, 2.24) is 20.5 Å². The molecule has 108 valence electrons. The Morgan fingerprint density at radius 1 is 1.60 bits per heavy atom. The summed E-state index contributed by atoms with van der Waals surface area (Å²) in [5, 5.41) is 16.6. The van der Waals surface area contributed by atoms with E-state index in [1.165, 1.54) is 16.2 Å².